The van der Waals surface area contributed by atoms with Crippen molar-refractivity contribution < 1.29 is 32.2 Å². The molecule has 1 atom stereocenters. The number of carbonyl (C=O) groups is 1. The first-order valence-electron chi connectivity index (χ1n) is 10.1. The number of rotatable bonds is 10. The van der Waals surface area contributed by atoms with Crippen LogP contribution in [-0.2, 0) is 21.5 Å². The number of halogens is 3. The molecule has 0 amide bonds. The molecule has 3 rings (SSSR count). The molecule has 0 spiro atoms. The summed E-state index contributed by atoms with van der Waals surface area (Å²) in [5, 5.41) is 0. The molecule has 5 nitrogen and oxygen atoms in total. The Balaban J connectivity index is 1.39. The number of hydrogen-bond donors (Lipinski definition) is 0. The molecule has 0 bridgehead atoms. The molecule has 0 aliphatic carbocycles. The number of aromatic nitrogens is 1. The smallest absolute Gasteiger partial charge is 0.417 e. The Kier molecular flexibility index (Phi) is 8.59. The van der Waals surface area contributed by atoms with Gasteiger partial charge in [-0.1, -0.05) is 30.3 Å². The zero-order valence-corrected chi connectivity index (χ0v) is 18.6. The second-order valence-corrected chi connectivity index (χ2v) is 8.03. The minimum Gasteiger partial charge on any atom is -0.479 e. The monoisotopic (exact) mass is 477 g/mol. The molecule has 9 heteroatoms. The van der Waals surface area contributed by atoms with Crippen LogP contribution in [0.15, 0.2) is 72.9 Å². The lowest BCUT2D eigenvalue weighted by atomic mass is 10.2. The van der Waals surface area contributed by atoms with Crippen LogP contribution in [0.4, 0.5) is 13.2 Å². The van der Waals surface area contributed by atoms with Gasteiger partial charge in [0, 0.05) is 23.8 Å². The predicted octanol–water partition coefficient (Wildman–Crippen LogP) is 6.14. The van der Waals surface area contributed by atoms with Gasteiger partial charge in [-0.15, -0.1) is 0 Å². The lowest BCUT2D eigenvalue weighted by Crippen LogP contribution is -2.26. The second-order valence-electron chi connectivity index (χ2n) is 6.92. The first-order chi connectivity index (χ1) is 15.8. The molecule has 1 aromatic heterocycles. The van der Waals surface area contributed by atoms with Crippen molar-refractivity contribution in [3.8, 4) is 17.4 Å². The standard InChI is InChI=1S/C24H22F3NO4S/c1-17(23(29)30-13-14-33-16-18-5-3-2-4-6-18)31-20-8-10-21(11-9-20)32-22-12-7-19(15-28-22)24(25,26)27/h2-12,15,17H,13-14,16H2,1H3. The van der Waals surface area contributed by atoms with Crippen LogP contribution in [-0.4, -0.2) is 29.4 Å². The van der Waals surface area contributed by atoms with Gasteiger partial charge in [0.1, 0.15) is 18.1 Å². The van der Waals surface area contributed by atoms with E-state index in [2.05, 4.69) is 4.98 Å². The van der Waals surface area contributed by atoms with E-state index in [-0.39, 0.29) is 12.5 Å². The van der Waals surface area contributed by atoms with Crippen LogP contribution < -0.4 is 9.47 Å². The Morgan fingerprint density at radius 3 is 2.33 bits per heavy atom. The fourth-order valence-electron chi connectivity index (χ4n) is 2.65. The summed E-state index contributed by atoms with van der Waals surface area (Å²) in [6.07, 6.45) is -4.55. The van der Waals surface area contributed by atoms with Crippen LogP contribution in [0.5, 0.6) is 17.4 Å². The Hall–Kier alpha value is -3.20. The van der Waals surface area contributed by atoms with Crippen LogP contribution >= 0.6 is 11.8 Å². The van der Waals surface area contributed by atoms with Crippen LogP contribution in [0.1, 0.15) is 18.1 Å². The highest BCUT2D eigenvalue weighted by Gasteiger charge is 2.30. The minimum absolute atomic E-state index is 0.0266. The van der Waals surface area contributed by atoms with E-state index in [9.17, 15) is 18.0 Å². The van der Waals surface area contributed by atoms with Crippen molar-refractivity contribution >= 4 is 17.7 Å². The molecule has 174 valence electrons. The SMILES string of the molecule is CC(Oc1ccc(Oc2ccc(C(F)(F)F)cn2)cc1)C(=O)OCCSCc1ccccc1. The van der Waals surface area contributed by atoms with E-state index >= 15 is 0 Å². The number of benzene rings is 2. The number of hydrogen-bond acceptors (Lipinski definition) is 6. The maximum Gasteiger partial charge on any atom is 0.417 e. The lowest BCUT2D eigenvalue weighted by molar-refractivity contribution is -0.150. The van der Waals surface area contributed by atoms with Gasteiger partial charge in [-0.2, -0.15) is 24.9 Å². The van der Waals surface area contributed by atoms with E-state index in [1.807, 2.05) is 30.3 Å². The highest BCUT2D eigenvalue weighted by atomic mass is 32.2. The summed E-state index contributed by atoms with van der Waals surface area (Å²) in [7, 11) is 0. The molecule has 0 fully saturated rings. The summed E-state index contributed by atoms with van der Waals surface area (Å²) in [6.45, 7) is 1.88. The predicted molar refractivity (Wildman–Crippen MR) is 119 cm³/mol. The molecule has 3 aromatic rings. The number of carbonyl (C=O) groups excluding carboxylic acids is 1. The van der Waals surface area contributed by atoms with Gasteiger partial charge in [-0.05, 0) is 42.8 Å². The zero-order valence-electron chi connectivity index (χ0n) is 17.7. The normalized spacial score (nSPS) is 12.1. The molecule has 0 aliphatic heterocycles. The van der Waals surface area contributed by atoms with Gasteiger partial charge < -0.3 is 14.2 Å². The quantitative estimate of drug-likeness (QED) is 0.258. The van der Waals surface area contributed by atoms with Crippen molar-refractivity contribution in [2.24, 2.45) is 0 Å². The first-order valence-corrected chi connectivity index (χ1v) is 11.2. The van der Waals surface area contributed by atoms with Gasteiger partial charge in [-0.3, -0.25) is 0 Å². The number of alkyl halides is 3. The largest absolute Gasteiger partial charge is 0.479 e. The Morgan fingerprint density at radius 2 is 1.70 bits per heavy atom. The van der Waals surface area contributed by atoms with E-state index < -0.39 is 23.8 Å². The van der Waals surface area contributed by atoms with Crippen LogP contribution in [0.3, 0.4) is 0 Å². The first kappa shape index (κ1) is 24.4. The van der Waals surface area contributed by atoms with Crippen LogP contribution in [0, 0.1) is 0 Å². The molecule has 1 unspecified atom stereocenters. The maximum absolute atomic E-state index is 12.6. The van der Waals surface area contributed by atoms with E-state index in [1.54, 1.807) is 43.0 Å². The fourth-order valence-corrected chi connectivity index (χ4v) is 3.42. The molecular weight excluding hydrogens is 455 g/mol. The highest BCUT2D eigenvalue weighted by Crippen LogP contribution is 2.30. The van der Waals surface area contributed by atoms with Crippen LogP contribution in [0.2, 0.25) is 0 Å². The van der Waals surface area contributed by atoms with Gasteiger partial charge in [-0.25, -0.2) is 9.78 Å². The molecule has 1 heterocycles. The van der Waals surface area contributed by atoms with Crippen molar-refractivity contribution in [3.05, 3.63) is 84.1 Å². The average Bonchev–Trinajstić information content (AvgIpc) is 2.80. The van der Waals surface area contributed by atoms with Crippen molar-refractivity contribution in [1.82, 2.24) is 4.98 Å². The second kappa shape index (κ2) is 11.6. The number of pyridine rings is 1. The number of thioether (sulfide) groups is 1. The molecule has 2 aromatic carbocycles. The Labute approximate surface area is 193 Å². The van der Waals surface area contributed by atoms with Gasteiger partial charge in [0.2, 0.25) is 5.88 Å². The van der Waals surface area contributed by atoms with E-state index in [4.69, 9.17) is 14.2 Å². The summed E-state index contributed by atoms with van der Waals surface area (Å²) in [5.74, 6) is 1.87. The third kappa shape index (κ3) is 8.02. The summed E-state index contributed by atoms with van der Waals surface area (Å²) < 4.78 is 54.0. The Morgan fingerprint density at radius 1 is 1.00 bits per heavy atom. The summed E-state index contributed by atoms with van der Waals surface area (Å²) in [6, 6.07) is 18.4. The van der Waals surface area contributed by atoms with E-state index in [1.165, 1.54) is 5.56 Å². The average molecular weight is 478 g/mol. The molecule has 0 saturated carbocycles. The molecular formula is C24H22F3NO4S. The van der Waals surface area contributed by atoms with Crippen molar-refractivity contribution in [3.63, 3.8) is 0 Å². The summed E-state index contributed by atoms with van der Waals surface area (Å²) >= 11 is 1.68. The Bertz CT molecular complexity index is 1010. The van der Waals surface area contributed by atoms with Gasteiger partial charge in [0.15, 0.2) is 6.10 Å². The van der Waals surface area contributed by atoms with Gasteiger partial charge in [0.25, 0.3) is 0 Å². The fraction of sp³-hybridized carbons (Fsp3) is 0.250. The molecule has 0 aliphatic rings. The third-order valence-electron chi connectivity index (χ3n) is 4.34. The molecule has 0 saturated heterocycles. The summed E-state index contributed by atoms with van der Waals surface area (Å²) in [5.41, 5.74) is 0.362. The van der Waals surface area contributed by atoms with Gasteiger partial charge in [0.05, 0.1) is 5.56 Å². The molecule has 0 radical (unpaired) electrons. The van der Waals surface area contributed by atoms with E-state index in [0.29, 0.717) is 23.4 Å². The number of esters is 1. The summed E-state index contributed by atoms with van der Waals surface area (Å²) in [4.78, 5) is 15.8. The van der Waals surface area contributed by atoms with Crippen molar-refractivity contribution in [1.29, 1.82) is 0 Å². The van der Waals surface area contributed by atoms with Crippen molar-refractivity contribution in [2.45, 2.75) is 25.0 Å². The molecule has 33 heavy (non-hydrogen) atoms. The van der Waals surface area contributed by atoms with E-state index in [0.717, 1.165) is 17.9 Å². The maximum atomic E-state index is 12.6. The number of ether oxygens (including phenoxy) is 3. The van der Waals surface area contributed by atoms with Crippen LogP contribution in [0.25, 0.3) is 0 Å². The van der Waals surface area contributed by atoms with Crippen molar-refractivity contribution in [2.75, 3.05) is 12.4 Å². The highest BCUT2D eigenvalue weighted by molar-refractivity contribution is 7.98. The number of nitrogens with zero attached hydrogens (tertiary/aromatic N) is 1. The lowest BCUT2D eigenvalue weighted by Gasteiger charge is -2.14. The third-order valence-corrected chi connectivity index (χ3v) is 5.33. The molecule has 0 N–H and O–H groups in total. The topological polar surface area (TPSA) is 57.7 Å². The zero-order chi connectivity index (χ0) is 23.7. The van der Waals surface area contributed by atoms with Gasteiger partial charge >= 0.3 is 12.1 Å². The minimum atomic E-state index is -4.46.